The number of nitrogens with zero attached hydrogens (tertiary/aromatic N) is 3. The lowest BCUT2D eigenvalue weighted by atomic mass is 10.0. The molecule has 2 heterocycles. The predicted molar refractivity (Wildman–Crippen MR) is 92.5 cm³/mol. The van der Waals surface area contributed by atoms with Crippen LogP contribution in [0, 0.1) is 11.3 Å². The third-order valence-corrected chi connectivity index (χ3v) is 4.16. The Bertz CT molecular complexity index is 1180. The highest BCUT2D eigenvalue weighted by Gasteiger charge is 2.26. The van der Waals surface area contributed by atoms with Gasteiger partial charge in [0.1, 0.15) is 5.52 Å². The van der Waals surface area contributed by atoms with Crippen LogP contribution in [0.1, 0.15) is 18.2 Å². The molecule has 4 aromatic rings. The SMILES string of the molecule is N#CC(C(=O)CCn1c(=O)oc2ccccc21)c1nc2ccccc2o1. The zero-order valence-corrected chi connectivity index (χ0v) is 13.6. The van der Waals surface area contributed by atoms with E-state index < -0.39 is 11.7 Å². The summed E-state index contributed by atoms with van der Waals surface area (Å²) in [6.45, 7) is 0.118. The number of ketones is 1. The second-order valence-corrected chi connectivity index (χ2v) is 5.79. The van der Waals surface area contributed by atoms with Crippen molar-refractivity contribution in [1.82, 2.24) is 9.55 Å². The summed E-state index contributed by atoms with van der Waals surface area (Å²) in [5.41, 5.74) is 2.18. The first-order valence-corrected chi connectivity index (χ1v) is 8.03. The van der Waals surface area contributed by atoms with Gasteiger partial charge in [0.25, 0.3) is 0 Å². The van der Waals surface area contributed by atoms with Gasteiger partial charge in [-0.05, 0) is 24.3 Å². The van der Waals surface area contributed by atoms with Crippen LogP contribution in [0.2, 0.25) is 0 Å². The number of para-hydroxylation sites is 4. The molecule has 0 aliphatic heterocycles. The number of aromatic nitrogens is 2. The van der Waals surface area contributed by atoms with Crippen LogP contribution >= 0.6 is 0 Å². The molecule has 0 N–H and O–H groups in total. The van der Waals surface area contributed by atoms with E-state index in [1.807, 2.05) is 6.07 Å². The number of benzene rings is 2. The van der Waals surface area contributed by atoms with E-state index in [1.165, 1.54) is 4.57 Å². The number of nitriles is 1. The Kier molecular flexibility index (Phi) is 3.86. The van der Waals surface area contributed by atoms with Gasteiger partial charge in [0.15, 0.2) is 22.9 Å². The van der Waals surface area contributed by atoms with Crippen LogP contribution in [0.3, 0.4) is 0 Å². The Balaban J connectivity index is 1.57. The van der Waals surface area contributed by atoms with Gasteiger partial charge >= 0.3 is 5.76 Å². The zero-order chi connectivity index (χ0) is 18.1. The molecule has 7 nitrogen and oxygen atoms in total. The van der Waals surface area contributed by atoms with Gasteiger partial charge in [0.2, 0.25) is 5.89 Å². The molecule has 2 aromatic carbocycles. The lowest BCUT2D eigenvalue weighted by Crippen LogP contribution is -2.19. The van der Waals surface area contributed by atoms with Crippen LogP contribution in [0.5, 0.6) is 0 Å². The van der Waals surface area contributed by atoms with E-state index in [0.717, 1.165) is 0 Å². The second-order valence-electron chi connectivity index (χ2n) is 5.79. The summed E-state index contributed by atoms with van der Waals surface area (Å²) < 4.78 is 12.1. The molecule has 128 valence electrons. The fourth-order valence-electron chi connectivity index (χ4n) is 2.87. The van der Waals surface area contributed by atoms with Crippen molar-refractivity contribution in [2.24, 2.45) is 0 Å². The Hall–Kier alpha value is -3.66. The average Bonchev–Trinajstić information content (AvgIpc) is 3.20. The summed E-state index contributed by atoms with van der Waals surface area (Å²) in [7, 11) is 0. The topological polar surface area (TPSA) is 102 Å². The number of aryl methyl sites for hydroxylation is 1. The highest BCUT2D eigenvalue weighted by atomic mass is 16.4. The van der Waals surface area contributed by atoms with Gasteiger partial charge in [-0.25, -0.2) is 9.78 Å². The molecule has 7 heteroatoms. The fraction of sp³-hybridized carbons (Fsp3) is 0.158. The van der Waals surface area contributed by atoms with E-state index in [2.05, 4.69) is 4.98 Å². The minimum atomic E-state index is -1.11. The molecule has 0 aliphatic carbocycles. The van der Waals surface area contributed by atoms with E-state index in [1.54, 1.807) is 48.5 Å². The maximum atomic E-state index is 12.5. The molecule has 26 heavy (non-hydrogen) atoms. The van der Waals surface area contributed by atoms with Gasteiger partial charge in [-0.2, -0.15) is 5.26 Å². The van der Waals surface area contributed by atoms with Gasteiger partial charge in [-0.1, -0.05) is 24.3 Å². The lowest BCUT2D eigenvalue weighted by molar-refractivity contribution is -0.119. The standard InChI is InChI=1S/C19H13N3O4/c20-11-12(18-21-13-5-1-3-7-16(13)25-18)15(23)9-10-22-14-6-2-4-8-17(14)26-19(22)24/h1-8,12H,9-10H2. The smallest absolute Gasteiger partial charge is 0.419 e. The van der Waals surface area contributed by atoms with E-state index in [-0.39, 0.29) is 24.6 Å². The van der Waals surface area contributed by atoms with Gasteiger partial charge < -0.3 is 8.83 Å². The van der Waals surface area contributed by atoms with E-state index >= 15 is 0 Å². The molecular weight excluding hydrogens is 334 g/mol. The van der Waals surface area contributed by atoms with E-state index in [0.29, 0.717) is 22.2 Å². The summed E-state index contributed by atoms with van der Waals surface area (Å²) in [6, 6.07) is 16.0. The van der Waals surface area contributed by atoms with Gasteiger partial charge in [0.05, 0.1) is 11.6 Å². The Morgan fingerprint density at radius 1 is 1.12 bits per heavy atom. The Labute approximate surface area is 147 Å². The quantitative estimate of drug-likeness (QED) is 0.550. The highest BCUT2D eigenvalue weighted by Crippen LogP contribution is 2.23. The first-order chi connectivity index (χ1) is 12.7. The molecule has 0 spiro atoms. The second kappa shape index (κ2) is 6.33. The van der Waals surface area contributed by atoms with Crippen molar-refractivity contribution < 1.29 is 13.6 Å². The van der Waals surface area contributed by atoms with Crippen LogP contribution in [0.15, 0.2) is 62.2 Å². The number of oxazole rings is 2. The third kappa shape index (κ3) is 2.67. The number of fused-ring (bicyclic) bond motifs is 2. The number of rotatable bonds is 5. The van der Waals surface area contributed by atoms with Crippen molar-refractivity contribution in [3.05, 3.63) is 65.0 Å². The first-order valence-electron chi connectivity index (χ1n) is 8.03. The van der Waals surface area contributed by atoms with Crippen LogP contribution in [0.4, 0.5) is 0 Å². The van der Waals surface area contributed by atoms with Crippen molar-refractivity contribution in [3.8, 4) is 6.07 Å². The third-order valence-electron chi connectivity index (χ3n) is 4.16. The number of hydrogen-bond donors (Lipinski definition) is 0. The molecule has 0 bridgehead atoms. The van der Waals surface area contributed by atoms with Crippen molar-refractivity contribution in [2.75, 3.05) is 0 Å². The number of Topliss-reactive ketones (excluding diaryl/α,β-unsaturated/α-hetero) is 1. The largest absolute Gasteiger partial charge is 0.439 e. The molecule has 0 amide bonds. The van der Waals surface area contributed by atoms with Crippen LogP contribution in [-0.4, -0.2) is 15.3 Å². The highest BCUT2D eigenvalue weighted by molar-refractivity contribution is 5.88. The van der Waals surface area contributed by atoms with Gasteiger partial charge in [-0.15, -0.1) is 0 Å². The van der Waals surface area contributed by atoms with Crippen LogP contribution in [-0.2, 0) is 11.3 Å². The minimum absolute atomic E-state index is 0.0135. The number of carbonyl (C=O) groups is 1. The molecule has 4 rings (SSSR count). The predicted octanol–water partition coefficient (Wildman–Crippen LogP) is 3.00. The van der Waals surface area contributed by atoms with Crippen molar-refractivity contribution in [2.45, 2.75) is 18.9 Å². The number of hydrogen-bond acceptors (Lipinski definition) is 6. The van der Waals surface area contributed by atoms with Crippen LogP contribution in [0.25, 0.3) is 22.2 Å². The van der Waals surface area contributed by atoms with Crippen LogP contribution < -0.4 is 5.76 Å². The number of carbonyl (C=O) groups excluding carboxylic acids is 1. The molecule has 0 aliphatic rings. The van der Waals surface area contributed by atoms with E-state index in [9.17, 15) is 14.9 Å². The van der Waals surface area contributed by atoms with Crippen molar-refractivity contribution in [3.63, 3.8) is 0 Å². The average molecular weight is 347 g/mol. The summed E-state index contributed by atoms with van der Waals surface area (Å²) in [6.07, 6.45) is -0.0135. The maximum absolute atomic E-state index is 12.5. The molecule has 2 aromatic heterocycles. The Morgan fingerprint density at radius 2 is 1.85 bits per heavy atom. The van der Waals surface area contributed by atoms with Crippen molar-refractivity contribution >= 4 is 28.0 Å². The van der Waals surface area contributed by atoms with E-state index in [4.69, 9.17) is 8.83 Å². The molecular formula is C19H13N3O4. The zero-order valence-electron chi connectivity index (χ0n) is 13.6. The minimum Gasteiger partial charge on any atom is -0.439 e. The first kappa shape index (κ1) is 15.8. The van der Waals surface area contributed by atoms with Crippen molar-refractivity contribution in [1.29, 1.82) is 5.26 Å². The monoisotopic (exact) mass is 347 g/mol. The Morgan fingerprint density at radius 3 is 2.62 bits per heavy atom. The lowest BCUT2D eigenvalue weighted by Gasteiger charge is -2.05. The molecule has 0 saturated heterocycles. The molecule has 1 atom stereocenters. The fourth-order valence-corrected chi connectivity index (χ4v) is 2.87. The maximum Gasteiger partial charge on any atom is 0.419 e. The molecule has 1 unspecified atom stereocenters. The summed E-state index contributed by atoms with van der Waals surface area (Å²) in [5.74, 6) is -1.94. The summed E-state index contributed by atoms with van der Waals surface area (Å²) >= 11 is 0. The summed E-state index contributed by atoms with van der Waals surface area (Å²) in [4.78, 5) is 28.7. The summed E-state index contributed by atoms with van der Waals surface area (Å²) in [5, 5.41) is 9.40. The normalized spacial score (nSPS) is 12.3. The van der Waals surface area contributed by atoms with Gasteiger partial charge in [-0.3, -0.25) is 9.36 Å². The van der Waals surface area contributed by atoms with Gasteiger partial charge in [0, 0.05) is 13.0 Å². The molecule has 0 saturated carbocycles. The molecule has 0 fully saturated rings. The molecule has 0 radical (unpaired) electrons.